The molecule has 1 aromatic carbocycles. The number of rotatable bonds is 0. The van der Waals surface area contributed by atoms with E-state index in [2.05, 4.69) is 38.1 Å². The van der Waals surface area contributed by atoms with Crippen molar-refractivity contribution >= 4 is 0 Å². The molecule has 2 bridgehead atoms. The van der Waals surface area contributed by atoms with Crippen LogP contribution in [0.15, 0.2) is 24.3 Å². The molecule has 13 heavy (non-hydrogen) atoms. The van der Waals surface area contributed by atoms with Crippen molar-refractivity contribution in [1.29, 1.82) is 0 Å². The molecular formula is C13H14. The van der Waals surface area contributed by atoms with E-state index < -0.39 is 0 Å². The second-order valence-electron chi connectivity index (χ2n) is 4.36. The zero-order valence-electron chi connectivity index (χ0n) is 8.17. The molecule has 2 aliphatic carbocycles. The van der Waals surface area contributed by atoms with Gasteiger partial charge in [-0.3, -0.25) is 0 Å². The number of hydrogen-bond donors (Lipinski definition) is 0. The molecular weight excluding hydrogens is 156 g/mol. The van der Waals surface area contributed by atoms with Crippen LogP contribution in [-0.4, -0.2) is 0 Å². The van der Waals surface area contributed by atoms with E-state index in [0.717, 1.165) is 11.8 Å². The van der Waals surface area contributed by atoms with Gasteiger partial charge >= 0.3 is 0 Å². The van der Waals surface area contributed by atoms with Crippen LogP contribution in [0.25, 0.3) is 0 Å². The van der Waals surface area contributed by atoms with Crippen molar-refractivity contribution in [2.45, 2.75) is 32.1 Å². The van der Waals surface area contributed by atoms with Gasteiger partial charge < -0.3 is 0 Å². The Hall–Kier alpha value is -1.04. The SMILES string of the molecule is Cc1ccc(C)c2c1C1C=CC2C1. The molecule has 0 fully saturated rings. The topological polar surface area (TPSA) is 0 Å². The summed E-state index contributed by atoms with van der Waals surface area (Å²) in [6, 6.07) is 4.53. The second-order valence-corrected chi connectivity index (χ2v) is 4.36. The molecule has 1 aromatic rings. The lowest BCUT2D eigenvalue weighted by molar-refractivity contribution is 0.801. The Balaban J connectivity index is 2.33. The van der Waals surface area contributed by atoms with Crippen molar-refractivity contribution in [3.05, 3.63) is 46.5 Å². The van der Waals surface area contributed by atoms with E-state index in [1.807, 2.05) is 0 Å². The lowest BCUT2D eigenvalue weighted by Crippen LogP contribution is -1.98. The summed E-state index contributed by atoms with van der Waals surface area (Å²) in [5.41, 5.74) is 6.23. The fraction of sp³-hybridized carbons (Fsp3) is 0.385. The van der Waals surface area contributed by atoms with Crippen molar-refractivity contribution in [3.63, 3.8) is 0 Å². The number of allylic oxidation sites excluding steroid dienone is 2. The van der Waals surface area contributed by atoms with Gasteiger partial charge in [0.1, 0.15) is 0 Å². The maximum atomic E-state index is 2.39. The van der Waals surface area contributed by atoms with E-state index in [1.54, 1.807) is 11.1 Å². The molecule has 0 saturated carbocycles. The summed E-state index contributed by atoms with van der Waals surface area (Å²) in [6.45, 7) is 4.49. The summed E-state index contributed by atoms with van der Waals surface area (Å²) >= 11 is 0. The third-order valence-electron chi connectivity index (χ3n) is 3.55. The van der Waals surface area contributed by atoms with E-state index in [0.29, 0.717) is 0 Å². The monoisotopic (exact) mass is 170 g/mol. The predicted octanol–water partition coefficient (Wildman–Crippen LogP) is 3.44. The molecule has 0 N–H and O–H groups in total. The van der Waals surface area contributed by atoms with Crippen LogP contribution in [0.1, 0.15) is 40.5 Å². The Morgan fingerprint density at radius 2 is 1.38 bits per heavy atom. The van der Waals surface area contributed by atoms with Gasteiger partial charge in [-0.25, -0.2) is 0 Å². The fourth-order valence-corrected chi connectivity index (χ4v) is 2.97. The summed E-state index contributed by atoms with van der Waals surface area (Å²) in [5, 5.41) is 0. The van der Waals surface area contributed by atoms with Crippen LogP contribution < -0.4 is 0 Å². The molecule has 0 heteroatoms. The summed E-state index contributed by atoms with van der Waals surface area (Å²) in [7, 11) is 0. The molecule has 0 spiro atoms. The second kappa shape index (κ2) is 2.25. The van der Waals surface area contributed by atoms with Gasteiger partial charge in [-0.15, -0.1) is 0 Å². The lowest BCUT2D eigenvalue weighted by atomic mass is 9.90. The van der Waals surface area contributed by atoms with Gasteiger partial charge in [0.15, 0.2) is 0 Å². The first-order valence-corrected chi connectivity index (χ1v) is 5.05. The zero-order chi connectivity index (χ0) is 9.00. The van der Waals surface area contributed by atoms with E-state index in [1.165, 1.54) is 17.5 Å². The molecule has 0 aromatic heterocycles. The molecule has 2 aliphatic rings. The first kappa shape index (κ1) is 7.37. The van der Waals surface area contributed by atoms with Crippen molar-refractivity contribution in [3.8, 4) is 0 Å². The van der Waals surface area contributed by atoms with Crippen molar-refractivity contribution in [2.75, 3.05) is 0 Å². The van der Waals surface area contributed by atoms with Crippen LogP contribution in [0.3, 0.4) is 0 Å². The van der Waals surface area contributed by atoms with Crippen LogP contribution >= 0.6 is 0 Å². The molecule has 3 rings (SSSR count). The summed E-state index contributed by atoms with van der Waals surface area (Å²) in [4.78, 5) is 0. The highest BCUT2D eigenvalue weighted by molar-refractivity contribution is 5.54. The van der Waals surface area contributed by atoms with Gasteiger partial charge in [0, 0.05) is 11.8 Å². The molecule has 0 heterocycles. The van der Waals surface area contributed by atoms with Gasteiger partial charge in [-0.2, -0.15) is 0 Å². The van der Waals surface area contributed by atoms with Crippen LogP contribution in [0.2, 0.25) is 0 Å². The van der Waals surface area contributed by atoms with E-state index in [-0.39, 0.29) is 0 Å². The Kier molecular flexibility index (Phi) is 1.28. The predicted molar refractivity (Wildman–Crippen MR) is 55.2 cm³/mol. The van der Waals surface area contributed by atoms with E-state index in [4.69, 9.17) is 0 Å². The Morgan fingerprint density at radius 1 is 0.923 bits per heavy atom. The Labute approximate surface area is 79.3 Å². The van der Waals surface area contributed by atoms with Crippen molar-refractivity contribution < 1.29 is 0 Å². The molecule has 0 saturated heterocycles. The number of fused-ring (bicyclic) bond motifs is 5. The maximum Gasteiger partial charge on any atom is 0.00326 e. The zero-order valence-corrected chi connectivity index (χ0v) is 8.17. The summed E-state index contributed by atoms with van der Waals surface area (Å²) < 4.78 is 0. The van der Waals surface area contributed by atoms with E-state index >= 15 is 0 Å². The largest absolute Gasteiger partial charge is 0.0803 e. The Morgan fingerprint density at radius 3 is 1.85 bits per heavy atom. The average Bonchev–Trinajstić information content (AvgIpc) is 2.70. The third kappa shape index (κ3) is 0.810. The lowest BCUT2D eigenvalue weighted by Gasteiger charge is -2.15. The van der Waals surface area contributed by atoms with Crippen molar-refractivity contribution in [2.24, 2.45) is 0 Å². The highest BCUT2D eigenvalue weighted by atomic mass is 14.4. The number of hydrogen-bond acceptors (Lipinski definition) is 0. The van der Waals surface area contributed by atoms with Crippen LogP contribution in [0, 0.1) is 13.8 Å². The van der Waals surface area contributed by atoms with Crippen LogP contribution in [0.5, 0.6) is 0 Å². The van der Waals surface area contributed by atoms with Gasteiger partial charge in [-0.1, -0.05) is 24.3 Å². The summed E-state index contributed by atoms with van der Waals surface area (Å²) in [5.74, 6) is 1.47. The fourth-order valence-electron chi connectivity index (χ4n) is 2.97. The highest BCUT2D eigenvalue weighted by Crippen LogP contribution is 2.50. The van der Waals surface area contributed by atoms with Crippen LogP contribution in [0.4, 0.5) is 0 Å². The number of benzene rings is 1. The highest BCUT2D eigenvalue weighted by Gasteiger charge is 2.34. The van der Waals surface area contributed by atoms with Gasteiger partial charge in [0.05, 0.1) is 0 Å². The van der Waals surface area contributed by atoms with Crippen LogP contribution in [-0.2, 0) is 0 Å². The number of aryl methyl sites for hydroxylation is 2. The average molecular weight is 170 g/mol. The molecule has 0 radical (unpaired) electrons. The first-order chi connectivity index (χ1) is 6.27. The minimum atomic E-state index is 0.736. The molecule has 2 unspecified atom stereocenters. The van der Waals surface area contributed by atoms with E-state index in [9.17, 15) is 0 Å². The molecule has 0 amide bonds. The van der Waals surface area contributed by atoms with Gasteiger partial charge in [0.25, 0.3) is 0 Å². The Bertz CT molecular complexity index is 362. The first-order valence-electron chi connectivity index (χ1n) is 5.05. The minimum absolute atomic E-state index is 0.736. The molecule has 0 aliphatic heterocycles. The molecule has 2 atom stereocenters. The van der Waals surface area contributed by atoms with Gasteiger partial charge in [-0.05, 0) is 42.5 Å². The maximum absolute atomic E-state index is 2.39. The van der Waals surface area contributed by atoms with Crippen molar-refractivity contribution in [1.82, 2.24) is 0 Å². The third-order valence-corrected chi connectivity index (χ3v) is 3.55. The molecule has 66 valence electrons. The molecule has 0 nitrogen and oxygen atoms in total. The minimum Gasteiger partial charge on any atom is -0.0803 e. The standard InChI is InChI=1S/C13H14/c1-8-3-4-9(2)13-11-6-5-10(7-11)12(8)13/h3-6,10-11H,7H2,1-2H3. The normalized spacial score (nSPS) is 28.2. The summed E-state index contributed by atoms with van der Waals surface area (Å²) in [6.07, 6.45) is 6.11. The van der Waals surface area contributed by atoms with Gasteiger partial charge in [0.2, 0.25) is 0 Å². The quantitative estimate of drug-likeness (QED) is 0.523. The smallest absolute Gasteiger partial charge is 0.00326 e.